The molecule has 2 aromatic carbocycles. The standard InChI is InChI=1S/C23H23FS/c1-3-5-6-7-17-8-10-18(11-9-17)19-12-14-21(22(24)16-19)23-15-13-20(4-2)25-23/h4,8-16H,2-3,5-7H2,1H3. The van der Waals surface area contributed by atoms with Gasteiger partial charge >= 0.3 is 0 Å². The Morgan fingerprint density at radius 1 is 0.960 bits per heavy atom. The summed E-state index contributed by atoms with van der Waals surface area (Å²) in [5.74, 6) is -0.179. The molecule has 2 heteroatoms. The van der Waals surface area contributed by atoms with Crippen molar-refractivity contribution in [3.8, 4) is 21.6 Å². The van der Waals surface area contributed by atoms with Gasteiger partial charge in [0, 0.05) is 15.3 Å². The minimum atomic E-state index is -0.179. The van der Waals surface area contributed by atoms with E-state index in [-0.39, 0.29) is 5.82 Å². The molecule has 128 valence electrons. The zero-order valence-electron chi connectivity index (χ0n) is 14.6. The van der Waals surface area contributed by atoms with Crippen molar-refractivity contribution in [2.75, 3.05) is 0 Å². The Balaban J connectivity index is 1.79. The van der Waals surface area contributed by atoms with Gasteiger partial charge in [-0.3, -0.25) is 0 Å². The first-order chi connectivity index (χ1) is 12.2. The fraction of sp³-hybridized carbons (Fsp3) is 0.217. The predicted octanol–water partition coefficient (Wildman–Crippen LogP) is 7.60. The molecule has 0 aliphatic carbocycles. The van der Waals surface area contributed by atoms with Gasteiger partial charge in [-0.15, -0.1) is 11.3 Å². The summed E-state index contributed by atoms with van der Waals surface area (Å²) < 4.78 is 14.6. The van der Waals surface area contributed by atoms with E-state index >= 15 is 0 Å². The molecule has 3 rings (SSSR count). The van der Waals surface area contributed by atoms with Crippen LogP contribution in [0.3, 0.4) is 0 Å². The molecule has 0 saturated carbocycles. The molecule has 0 fully saturated rings. The van der Waals surface area contributed by atoms with E-state index in [0.717, 1.165) is 27.3 Å². The van der Waals surface area contributed by atoms with Gasteiger partial charge in [-0.1, -0.05) is 62.8 Å². The van der Waals surface area contributed by atoms with Gasteiger partial charge in [0.15, 0.2) is 0 Å². The molecule has 25 heavy (non-hydrogen) atoms. The number of hydrogen-bond donors (Lipinski definition) is 0. The maximum absolute atomic E-state index is 14.6. The lowest BCUT2D eigenvalue weighted by Gasteiger charge is -2.07. The quantitative estimate of drug-likeness (QED) is 0.385. The van der Waals surface area contributed by atoms with Crippen LogP contribution in [0.2, 0.25) is 0 Å². The van der Waals surface area contributed by atoms with Gasteiger partial charge < -0.3 is 0 Å². The van der Waals surface area contributed by atoms with Crippen LogP contribution in [-0.4, -0.2) is 0 Å². The number of halogens is 1. The average Bonchev–Trinajstić information content (AvgIpc) is 3.11. The molecule has 0 amide bonds. The van der Waals surface area contributed by atoms with Crippen molar-refractivity contribution < 1.29 is 4.39 Å². The third kappa shape index (κ3) is 4.26. The molecule has 1 aromatic heterocycles. The summed E-state index contributed by atoms with van der Waals surface area (Å²) in [6.07, 6.45) is 6.65. The molecule has 0 radical (unpaired) electrons. The fourth-order valence-electron chi connectivity index (χ4n) is 2.94. The third-order valence-corrected chi connectivity index (χ3v) is 5.53. The molecule has 1 heterocycles. The Kier molecular flexibility index (Phi) is 5.83. The van der Waals surface area contributed by atoms with Gasteiger partial charge in [0.05, 0.1) is 0 Å². The first-order valence-corrected chi connectivity index (χ1v) is 9.64. The second kappa shape index (κ2) is 8.26. The molecule has 0 spiro atoms. The molecule has 0 saturated heterocycles. The van der Waals surface area contributed by atoms with Crippen molar-refractivity contribution in [2.24, 2.45) is 0 Å². The Hall–Kier alpha value is -2.19. The summed E-state index contributed by atoms with van der Waals surface area (Å²) in [5.41, 5.74) is 3.98. The summed E-state index contributed by atoms with van der Waals surface area (Å²) in [4.78, 5) is 1.99. The van der Waals surface area contributed by atoms with Crippen LogP contribution >= 0.6 is 11.3 Å². The number of benzene rings is 2. The molecule has 0 N–H and O–H groups in total. The van der Waals surface area contributed by atoms with E-state index in [2.05, 4.69) is 37.8 Å². The second-order valence-corrected chi connectivity index (χ2v) is 7.37. The number of unbranched alkanes of at least 4 members (excludes halogenated alkanes) is 2. The largest absolute Gasteiger partial charge is 0.206 e. The highest BCUT2D eigenvalue weighted by molar-refractivity contribution is 7.16. The molecule has 0 aliphatic heterocycles. The minimum Gasteiger partial charge on any atom is -0.206 e. The normalized spacial score (nSPS) is 10.8. The molecular weight excluding hydrogens is 327 g/mol. The summed E-state index contributed by atoms with van der Waals surface area (Å²) >= 11 is 1.56. The Morgan fingerprint density at radius 3 is 2.36 bits per heavy atom. The van der Waals surface area contributed by atoms with E-state index in [4.69, 9.17) is 0 Å². The Bertz CT molecular complexity index is 843. The van der Waals surface area contributed by atoms with Gasteiger partial charge in [0.25, 0.3) is 0 Å². The molecule has 0 aliphatic rings. The van der Waals surface area contributed by atoms with E-state index in [1.807, 2.05) is 24.3 Å². The minimum absolute atomic E-state index is 0.179. The van der Waals surface area contributed by atoms with E-state index in [9.17, 15) is 4.39 Å². The maximum Gasteiger partial charge on any atom is 0.132 e. The summed E-state index contributed by atoms with van der Waals surface area (Å²) in [5, 5.41) is 0. The van der Waals surface area contributed by atoms with Crippen LogP contribution in [0.4, 0.5) is 4.39 Å². The van der Waals surface area contributed by atoms with Crippen LogP contribution in [0, 0.1) is 5.82 Å². The number of aryl methyl sites for hydroxylation is 1. The van der Waals surface area contributed by atoms with E-state index in [1.54, 1.807) is 23.5 Å². The lowest BCUT2D eigenvalue weighted by molar-refractivity contribution is 0.632. The van der Waals surface area contributed by atoms with Gasteiger partial charge in [0.1, 0.15) is 5.82 Å². The number of thiophene rings is 1. The molecule has 0 bridgehead atoms. The molecule has 3 aromatic rings. The van der Waals surface area contributed by atoms with Gasteiger partial charge in [-0.25, -0.2) is 4.39 Å². The molecule has 0 nitrogen and oxygen atoms in total. The van der Waals surface area contributed by atoms with Crippen LogP contribution in [0.1, 0.15) is 36.6 Å². The highest BCUT2D eigenvalue weighted by atomic mass is 32.1. The predicted molar refractivity (Wildman–Crippen MR) is 108 cm³/mol. The Morgan fingerprint density at radius 2 is 1.72 bits per heavy atom. The van der Waals surface area contributed by atoms with Crippen molar-refractivity contribution in [1.29, 1.82) is 0 Å². The second-order valence-electron chi connectivity index (χ2n) is 6.25. The average molecular weight is 351 g/mol. The van der Waals surface area contributed by atoms with Gasteiger partial charge in [-0.2, -0.15) is 0 Å². The SMILES string of the molecule is C=Cc1ccc(-c2ccc(-c3ccc(CCCCC)cc3)cc2F)s1. The van der Waals surface area contributed by atoms with Crippen LogP contribution < -0.4 is 0 Å². The highest BCUT2D eigenvalue weighted by Crippen LogP contribution is 2.33. The zero-order chi connectivity index (χ0) is 17.6. The van der Waals surface area contributed by atoms with Crippen molar-refractivity contribution in [2.45, 2.75) is 32.6 Å². The van der Waals surface area contributed by atoms with Crippen LogP contribution in [0.5, 0.6) is 0 Å². The van der Waals surface area contributed by atoms with Crippen molar-refractivity contribution in [1.82, 2.24) is 0 Å². The maximum atomic E-state index is 14.6. The topological polar surface area (TPSA) is 0 Å². The highest BCUT2D eigenvalue weighted by Gasteiger charge is 2.09. The molecule has 0 atom stereocenters. The first kappa shape index (κ1) is 17.6. The monoisotopic (exact) mass is 350 g/mol. The van der Waals surface area contributed by atoms with Crippen LogP contribution in [0.25, 0.3) is 27.6 Å². The smallest absolute Gasteiger partial charge is 0.132 e. The first-order valence-electron chi connectivity index (χ1n) is 8.82. The van der Waals surface area contributed by atoms with E-state index in [1.165, 1.54) is 24.8 Å². The van der Waals surface area contributed by atoms with E-state index < -0.39 is 0 Å². The summed E-state index contributed by atoms with van der Waals surface area (Å²) in [7, 11) is 0. The van der Waals surface area contributed by atoms with E-state index in [0.29, 0.717) is 5.56 Å². The zero-order valence-corrected chi connectivity index (χ0v) is 15.4. The number of rotatable bonds is 7. The van der Waals surface area contributed by atoms with Gasteiger partial charge in [0.2, 0.25) is 0 Å². The molecule has 0 unspecified atom stereocenters. The van der Waals surface area contributed by atoms with Crippen molar-refractivity contribution in [3.05, 3.63) is 77.4 Å². The lowest BCUT2D eigenvalue weighted by atomic mass is 10.00. The summed E-state index contributed by atoms with van der Waals surface area (Å²) in [6, 6.07) is 17.9. The van der Waals surface area contributed by atoms with Crippen LogP contribution in [0.15, 0.2) is 61.2 Å². The summed E-state index contributed by atoms with van der Waals surface area (Å²) in [6.45, 7) is 5.98. The number of hydrogen-bond acceptors (Lipinski definition) is 1. The Labute approximate surface area is 153 Å². The van der Waals surface area contributed by atoms with Gasteiger partial charge in [-0.05, 0) is 53.8 Å². The molecular formula is C23H23FS. The fourth-order valence-corrected chi connectivity index (χ4v) is 3.83. The third-order valence-electron chi connectivity index (χ3n) is 4.42. The van der Waals surface area contributed by atoms with Crippen LogP contribution in [-0.2, 0) is 6.42 Å². The van der Waals surface area contributed by atoms with Crippen molar-refractivity contribution in [3.63, 3.8) is 0 Å². The lowest BCUT2D eigenvalue weighted by Crippen LogP contribution is -1.87. The van der Waals surface area contributed by atoms with Crippen molar-refractivity contribution >= 4 is 17.4 Å².